The fourth-order valence-electron chi connectivity index (χ4n) is 2.77. The van der Waals surface area contributed by atoms with Gasteiger partial charge in [0.05, 0.1) is 22.3 Å². The lowest BCUT2D eigenvalue weighted by Crippen LogP contribution is -2.29. The van der Waals surface area contributed by atoms with Crippen LogP contribution in [0.1, 0.15) is 38.9 Å². The van der Waals surface area contributed by atoms with Gasteiger partial charge < -0.3 is 4.90 Å². The highest BCUT2D eigenvalue weighted by molar-refractivity contribution is 7.11. The van der Waals surface area contributed by atoms with Gasteiger partial charge in [0.1, 0.15) is 0 Å². The Hall–Kier alpha value is -2.27. The van der Waals surface area contributed by atoms with Crippen LogP contribution in [0.5, 0.6) is 0 Å². The van der Waals surface area contributed by atoms with Crippen LogP contribution in [0.2, 0.25) is 0 Å². The van der Waals surface area contributed by atoms with E-state index in [1.54, 1.807) is 22.4 Å². The minimum atomic E-state index is -0.0133. The van der Waals surface area contributed by atoms with Crippen LogP contribution in [0, 0.1) is 13.8 Å². The zero-order chi connectivity index (χ0) is 16.6. The number of rotatable bonds is 3. The molecule has 0 fully saturated rings. The summed E-state index contributed by atoms with van der Waals surface area (Å²) in [5.41, 5.74) is 2.52. The number of carbonyl (C=O) groups excluding carboxylic acids is 1. The Morgan fingerprint density at radius 1 is 1.22 bits per heavy atom. The van der Waals surface area contributed by atoms with Crippen LogP contribution in [0.15, 0.2) is 36.5 Å². The molecule has 2 aromatic heterocycles. The van der Waals surface area contributed by atoms with Crippen LogP contribution in [0.3, 0.4) is 0 Å². The van der Waals surface area contributed by atoms with Crippen LogP contribution in [0.25, 0.3) is 10.9 Å². The van der Waals surface area contributed by atoms with E-state index in [2.05, 4.69) is 9.97 Å². The Balaban J connectivity index is 1.97. The summed E-state index contributed by atoms with van der Waals surface area (Å²) in [5, 5.41) is 1.91. The third-order valence-electron chi connectivity index (χ3n) is 4.10. The van der Waals surface area contributed by atoms with Crippen LogP contribution in [-0.2, 0) is 0 Å². The highest BCUT2D eigenvalue weighted by Gasteiger charge is 2.23. The maximum absolute atomic E-state index is 13.0. The monoisotopic (exact) mass is 325 g/mol. The van der Waals surface area contributed by atoms with E-state index in [9.17, 15) is 4.79 Å². The van der Waals surface area contributed by atoms with Crippen molar-refractivity contribution in [3.63, 3.8) is 0 Å². The van der Waals surface area contributed by atoms with Gasteiger partial charge in [-0.25, -0.2) is 4.98 Å². The van der Waals surface area contributed by atoms with Gasteiger partial charge in [-0.1, -0.05) is 12.1 Å². The zero-order valence-corrected chi connectivity index (χ0v) is 14.5. The van der Waals surface area contributed by atoms with E-state index in [0.717, 1.165) is 26.5 Å². The molecule has 3 rings (SSSR count). The number of carbonyl (C=O) groups is 1. The SMILES string of the molecule is Cc1nc(C)c(C(C)N(C)C(=O)c2cccc3ncccc23)s1. The zero-order valence-electron chi connectivity index (χ0n) is 13.7. The summed E-state index contributed by atoms with van der Waals surface area (Å²) in [6, 6.07) is 9.45. The topological polar surface area (TPSA) is 46.1 Å². The van der Waals surface area contributed by atoms with Crippen molar-refractivity contribution in [1.29, 1.82) is 0 Å². The van der Waals surface area contributed by atoms with Crippen molar-refractivity contribution in [3.05, 3.63) is 57.7 Å². The molecule has 0 aliphatic carbocycles. The Kier molecular flexibility index (Phi) is 4.13. The smallest absolute Gasteiger partial charge is 0.254 e. The van der Waals surface area contributed by atoms with Crippen molar-refractivity contribution in [2.45, 2.75) is 26.8 Å². The fraction of sp³-hybridized carbons (Fsp3) is 0.278. The number of nitrogens with zero attached hydrogens (tertiary/aromatic N) is 3. The lowest BCUT2D eigenvalue weighted by molar-refractivity contribution is 0.0746. The second-order valence-electron chi connectivity index (χ2n) is 5.65. The standard InChI is InChI=1S/C18H19N3OS/c1-11-17(23-13(3)20-11)12(2)21(4)18(22)15-7-5-9-16-14(15)8-6-10-19-16/h5-10,12H,1-4H3. The normalized spacial score (nSPS) is 12.3. The van der Waals surface area contributed by atoms with Crippen molar-refractivity contribution in [2.75, 3.05) is 7.05 Å². The number of aryl methyl sites for hydroxylation is 2. The van der Waals surface area contributed by atoms with Gasteiger partial charge >= 0.3 is 0 Å². The molecule has 0 N–H and O–H groups in total. The molecule has 23 heavy (non-hydrogen) atoms. The summed E-state index contributed by atoms with van der Waals surface area (Å²) >= 11 is 1.65. The molecule has 0 radical (unpaired) electrons. The van der Waals surface area contributed by atoms with E-state index in [4.69, 9.17) is 0 Å². The Morgan fingerprint density at radius 2 is 2.00 bits per heavy atom. The van der Waals surface area contributed by atoms with Crippen LogP contribution in [0.4, 0.5) is 0 Å². The second kappa shape index (κ2) is 6.08. The van der Waals surface area contributed by atoms with Gasteiger partial charge in [0, 0.05) is 29.1 Å². The average molecular weight is 325 g/mol. The Labute approximate surface area is 139 Å². The molecular formula is C18H19N3OS. The molecule has 0 aliphatic rings. The third kappa shape index (κ3) is 2.84. The molecule has 0 spiro atoms. The summed E-state index contributed by atoms with van der Waals surface area (Å²) in [6.07, 6.45) is 1.74. The van der Waals surface area contributed by atoms with Gasteiger partial charge in [0.2, 0.25) is 0 Å². The van der Waals surface area contributed by atoms with Crippen LogP contribution >= 0.6 is 11.3 Å². The van der Waals surface area contributed by atoms with Gasteiger partial charge in [0.15, 0.2) is 0 Å². The molecule has 1 unspecified atom stereocenters. The second-order valence-corrected chi connectivity index (χ2v) is 6.89. The number of hydrogen-bond donors (Lipinski definition) is 0. The predicted molar refractivity (Wildman–Crippen MR) is 93.8 cm³/mol. The van der Waals surface area contributed by atoms with Crippen LogP contribution < -0.4 is 0 Å². The van der Waals surface area contributed by atoms with E-state index in [-0.39, 0.29) is 11.9 Å². The average Bonchev–Trinajstić information content (AvgIpc) is 2.90. The number of hydrogen-bond acceptors (Lipinski definition) is 4. The lowest BCUT2D eigenvalue weighted by Gasteiger charge is -2.25. The summed E-state index contributed by atoms with van der Waals surface area (Å²) in [6.45, 7) is 6.03. The van der Waals surface area contributed by atoms with E-state index in [0.29, 0.717) is 5.56 Å². The quantitative estimate of drug-likeness (QED) is 0.727. The largest absolute Gasteiger partial charge is 0.334 e. The molecule has 0 saturated heterocycles. The molecule has 3 aromatic rings. The maximum atomic E-state index is 13.0. The number of benzene rings is 1. The molecule has 0 bridgehead atoms. The molecule has 1 amide bonds. The Bertz CT molecular complexity index is 866. The molecule has 5 heteroatoms. The van der Waals surface area contributed by atoms with Gasteiger partial charge in [-0.15, -0.1) is 11.3 Å². The summed E-state index contributed by atoms with van der Waals surface area (Å²) in [7, 11) is 1.84. The number of aromatic nitrogens is 2. The minimum absolute atomic E-state index is 0.00144. The number of fused-ring (bicyclic) bond motifs is 1. The first-order valence-corrected chi connectivity index (χ1v) is 8.35. The molecule has 1 aromatic carbocycles. The molecular weight excluding hydrogens is 306 g/mol. The summed E-state index contributed by atoms with van der Waals surface area (Å²) in [4.78, 5) is 24.7. The Morgan fingerprint density at radius 3 is 2.70 bits per heavy atom. The van der Waals surface area contributed by atoms with E-state index in [1.807, 2.05) is 58.2 Å². The van der Waals surface area contributed by atoms with Crippen LogP contribution in [-0.4, -0.2) is 27.8 Å². The van der Waals surface area contributed by atoms with Gasteiger partial charge in [-0.3, -0.25) is 9.78 Å². The van der Waals surface area contributed by atoms with Gasteiger partial charge in [-0.05, 0) is 39.0 Å². The van der Waals surface area contributed by atoms with Crippen molar-refractivity contribution >= 4 is 28.1 Å². The maximum Gasteiger partial charge on any atom is 0.254 e. The molecule has 0 aliphatic heterocycles. The van der Waals surface area contributed by atoms with Crippen molar-refractivity contribution in [3.8, 4) is 0 Å². The molecule has 118 valence electrons. The first kappa shape index (κ1) is 15.6. The fourth-order valence-corrected chi connectivity index (χ4v) is 3.79. The first-order valence-electron chi connectivity index (χ1n) is 7.54. The highest BCUT2D eigenvalue weighted by Crippen LogP contribution is 2.30. The molecule has 4 nitrogen and oxygen atoms in total. The summed E-state index contributed by atoms with van der Waals surface area (Å²) < 4.78 is 0. The predicted octanol–water partition coefficient (Wildman–Crippen LogP) is 4.14. The van der Waals surface area contributed by atoms with Crippen molar-refractivity contribution in [1.82, 2.24) is 14.9 Å². The third-order valence-corrected chi connectivity index (χ3v) is 5.34. The number of amides is 1. The van der Waals surface area contributed by atoms with E-state index < -0.39 is 0 Å². The van der Waals surface area contributed by atoms with Crippen molar-refractivity contribution in [2.24, 2.45) is 0 Å². The number of pyridine rings is 1. The van der Waals surface area contributed by atoms with Gasteiger partial charge in [0.25, 0.3) is 5.91 Å². The number of thiazole rings is 1. The van der Waals surface area contributed by atoms with E-state index >= 15 is 0 Å². The van der Waals surface area contributed by atoms with Gasteiger partial charge in [-0.2, -0.15) is 0 Å². The summed E-state index contributed by atoms with van der Waals surface area (Å²) in [5.74, 6) is 0.00144. The molecule has 0 saturated carbocycles. The highest BCUT2D eigenvalue weighted by atomic mass is 32.1. The molecule has 2 heterocycles. The van der Waals surface area contributed by atoms with E-state index in [1.165, 1.54) is 0 Å². The first-order chi connectivity index (χ1) is 11.0. The minimum Gasteiger partial charge on any atom is -0.334 e. The van der Waals surface area contributed by atoms with Crippen molar-refractivity contribution < 1.29 is 4.79 Å². The lowest BCUT2D eigenvalue weighted by atomic mass is 10.1. The molecule has 1 atom stereocenters.